The third kappa shape index (κ3) is 4.13. The molecule has 1 aliphatic rings. The van der Waals surface area contributed by atoms with Gasteiger partial charge in [-0.15, -0.1) is 11.3 Å². The maximum absolute atomic E-state index is 13.0. The van der Waals surface area contributed by atoms with Gasteiger partial charge in [-0.3, -0.25) is 14.2 Å². The van der Waals surface area contributed by atoms with Crippen molar-refractivity contribution >= 4 is 44.7 Å². The zero-order chi connectivity index (χ0) is 22.1. The van der Waals surface area contributed by atoms with E-state index >= 15 is 0 Å². The fraction of sp³-hybridized carbons (Fsp3) is 0.208. The Morgan fingerprint density at radius 3 is 2.53 bits per heavy atom. The number of carbonyl (C=O) groups is 1. The molecule has 0 unspecified atom stereocenters. The van der Waals surface area contributed by atoms with Crippen LogP contribution in [0, 0.1) is 0 Å². The Morgan fingerprint density at radius 1 is 1.00 bits per heavy atom. The Hall–Kier alpha value is -3.16. The zero-order valence-corrected chi connectivity index (χ0v) is 18.9. The highest BCUT2D eigenvalue weighted by Crippen LogP contribution is 2.30. The molecule has 1 saturated heterocycles. The molecular formula is C24H21ClN4O2S. The monoisotopic (exact) mass is 464 g/mol. The van der Waals surface area contributed by atoms with Gasteiger partial charge in [0, 0.05) is 41.8 Å². The first-order valence-electron chi connectivity index (χ1n) is 10.4. The summed E-state index contributed by atoms with van der Waals surface area (Å²) in [6, 6.07) is 19.6. The average Bonchev–Trinajstić information content (AvgIpc) is 3.27. The van der Waals surface area contributed by atoms with E-state index in [9.17, 15) is 9.59 Å². The first kappa shape index (κ1) is 20.7. The second-order valence-electron chi connectivity index (χ2n) is 7.72. The summed E-state index contributed by atoms with van der Waals surface area (Å²) in [5, 5.41) is 0.701. The van der Waals surface area contributed by atoms with Crippen LogP contribution >= 0.6 is 22.9 Å². The Balaban J connectivity index is 1.29. The van der Waals surface area contributed by atoms with Crippen LogP contribution in [0.5, 0.6) is 0 Å². The molecule has 0 bridgehead atoms. The molecule has 5 rings (SSSR count). The number of fused-ring (bicyclic) bond motifs is 1. The van der Waals surface area contributed by atoms with Crippen molar-refractivity contribution in [3.8, 4) is 10.4 Å². The van der Waals surface area contributed by atoms with Gasteiger partial charge >= 0.3 is 0 Å². The maximum Gasteiger partial charge on any atom is 0.271 e. The van der Waals surface area contributed by atoms with E-state index in [1.165, 1.54) is 22.2 Å². The minimum atomic E-state index is -0.173. The van der Waals surface area contributed by atoms with Crippen LogP contribution in [0.3, 0.4) is 0 Å². The van der Waals surface area contributed by atoms with E-state index in [1.54, 1.807) is 0 Å². The van der Waals surface area contributed by atoms with Gasteiger partial charge in [0.2, 0.25) is 5.91 Å². The molecule has 2 aromatic heterocycles. The number of benzene rings is 2. The fourth-order valence-electron chi connectivity index (χ4n) is 3.94. The van der Waals surface area contributed by atoms with Crippen LogP contribution in [0.25, 0.3) is 20.7 Å². The van der Waals surface area contributed by atoms with Gasteiger partial charge in [0.25, 0.3) is 5.56 Å². The SMILES string of the molecule is O=C(Cn1cnc2cc(-c3ccccc3)sc2c1=O)N1CCN(c2cccc(Cl)c2)CC1. The predicted octanol–water partition coefficient (Wildman–Crippen LogP) is 4.13. The van der Waals surface area contributed by atoms with E-state index in [2.05, 4.69) is 9.88 Å². The Morgan fingerprint density at radius 2 is 1.78 bits per heavy atom. The lowest BCUT2D eigenvalue weighted by Crippen LogP contribution is -2.50. The lowest BCUT2D eigenvalue weighted by molar-refractivity contribution is -0.132. The number of anilines is 1. The summed E-state index contributed by atoms with van der Waals surface area (Å²) in [6.07, 6.45) is 1.48. The average molecular weight is 465 g/mol. The number of hydrogen-bond donors (Lipinski definition) is 0. The summed E-state index contributed by atoms with van der Waals surface area (Å²) < 4.78 is 1.99. The van der Waals surface area contributed by atoms with Crippen molar-refractivity contribution < 1.29 is 4.79 Å². The molecule has 1 fully saturated rings. The van der Waals surface area contributed by atoms with E-state index < -0.39 is 0 Å². The van der Waals surface area contributed by atoms with E-state index in [-0.39, 0.29) is 18.0 Å². The van der Waals surface area contributed by atoms with Crippen molar-refractivity contribution in [3.05, 3.63) is 82.4 Å². The molecule has 0 saturated carbocycles. The van der Waals surface area contributed by atoms with Crippen molar-refractivity contribution in [1.29, 1.82) is 0 Å². The fourth-order valence-corrected chi connectivity index (χ4v) is 5.18. The normalized spacial score (nSPS) is 14.2. The smallest absolute Gasteiger partial charge is 0.271 e. The maximum atomic E-state index is 13.0. The summed E-state index contributed by atoms with van der Waals surface area (Å²) in [5.41, 5.74) is 2.60. The molecule has 1 amide bonds. The van der Waals surface area contributed by atoms with Crippen LogP contribution in [-0.4, -0.2) is 46.5 Å². The molecule has 0 radical (unpaired) electrons. The van der Waals surface area contributed by atoms with E-state index in [4.69, 9.17) is 11.6 Å². The highest BCUT2D eigenvalue weighted by molar-refractivity contribution is 7.22. The van der Waals surface area contributed by atoms with E-state index in [0.717, 1.165) is 29.2 Å². The molecule has 2 aromatic carbocycles. The van der Waals surface area contributed by atoms with Crippen LogP contribution in [0.1, 0.15) is 0 Å². The molecule has 32 heavy (non-hydrogen) atoms. The number of carbonyl (C=O) groups excluding carboxylic acids is 1. The molecule has 3 heterocycles. The molecule has 4 aromatic rings. The number of hydrogen-bond acceptors (Lipinski definition) is 5. The highest BCUT2D eigenvalue weighted by Gasteiger charge is 2.22. The van der Waals surface area contributed by atoms with Gasteiger partial charge in [-0.25, -0.2) is 4.98 Å². The minimum absolute atomic E-state index is 0.00247. The highest BCUT2D eigenvalue weighted by atomic mass is 35.5. The van der Waals surface area contributed by atoms with Gasteiger partial charge in [-0.1, -0.05) is 48.0 Å². The largest absolute Gasteiger partial charge is 0.368 e. The summed E-state index contributed by atoms with van der Waals surface area (Å²) in [6.45, 7) is 2.66. The molecule has 0 spiro atoms. The molecule has 1 aliphatic heterocycles. The lowest BCUT2D eigenvalue weighted by Gasteiger charge is -2.36. The van der Waals surface area contributed by atoms with Crippen LogP contribution in [0.2, 0.25) is 5.02 Å². The Labute approximate surface area is 194 Å². The van der Waals surface area contributed by atoms with Crippen molar-refractivity contribution in [2.75, 3.05) is 31.1 Å². The second kappa shape index (κ2) is 8.76. The third-order valence-electron chi connectivity index (χ3n) is 5.67. The van der Waals surface area contributed by atoms with Crippen LogP contribution in [-0.2, 0) is 11.3 Å². The van der Waals surface area contributed by atoms with Crippen LogP contribution in [0.4, 0.5) is 5.69 Å². The van der Waals surface area contributed by atoms with Gasteiger partial charge in [-0.05, 0) is 29.8 Å². The van der Waals surface area contributed by atoms with Gasteiger partial charge < -0.3 is 9.80 Å². The number of rotatable bonds is 4. The van der Waals surface area contributed by atoms with Gasteiger partial charge in [0.1, 0.15) is 11.2 Å². The lowest BCUT2D eigenvalue weighted by atomic mass is 10.2. The number of amides is 1. The van der Waals surface area contributed by atoms with Crippen molar-refractivity contribution in [3.63, 3.8) is 0 Å². The molecule has 0 N–H and O–H groups in total. The number of piperazine rings is 1. The summed E-state index contributed by atoms with van der Waals surface area (Å²) in [5.74, 6) is -0.0705. The number of nitrogens with zero attached hydrogens (tertiary/aromatic N) is 4. The molecule has 8 heteroatoms. The number of aromatic nitrogens is 2. The van der Waals surface area contributed by atoms with E-state index in [1.807, 2.05) is 65.6 Å². The summed E-state index contributed by atoms with van der Waals surface area (Å²) >= 11 is 7.51. The van der Waals surface area contributed by atoms with Gasteiger partial charge in [0.05, 0.1) is 11.8 Å². The van der Waals surface area contributed by atoms with Gasteiger partial charge in [-0.2, -0.15) is 0 Å². The van der Waals surface area contributed by atoms with Gasteiger partial charge in [0.15, 0.2) is 0 Å². The standard InChI is InChI=1S/C24H21ClN4O2S/c25-18-7-4-8-19(13-18)27-9-11-28(12-10-27)22(30)15-29-16-26-20-14-21(32-23(20)24(29)31)17-5-2-1-3-6-17/h1-8,13-14,16H,9-12,15H2. The quantitative estimate of drug-likeness (QED) is 0.455. The first-order valence-corrected chi connectivity index (χ1v) is 11.6. The van der Waals surface area contributed by atoms with Crippen molar-refractivity contribution in [1.82, 2.24) is 14.5 Å². The topological polar surface area (TPSA) is 58.4 Å². The Bertz CT molecular complexity index is 1330. The van der Waals surface area contributed by atoms with Crippen molar-refractivity contribution in [2.45, 2.75) is 6.54 Å². The zero-order valence-electron chi connectivity index (χ0n) is 17.3. The summed E-state index contributed by atoms with van der Waals surface area (Å²) in [7, 11) is 0. The Kier molecular flexibility index (Phi) is 5.68. The van der Waals surface area contributed by atoms with Crippen LogP contribution in [0.15, 0.2) is 71.8 Å². The van der Waals surface area contributed by atoms with Crippen LogP contribution < -0.4 is 10.5 Å². The number of halogens is 1. The molecule has 162 valence electrons. The molecule has 0 aliphatic carbocycles. The third-order valence-corrected chi connectivity index (χ3v) is 7.07. The van der Waals surface area contributed by atoms with Crippen molar-refractivity contribution in [2.24, 2.45) is 0 Å². The summed E-state index contributed by atoms with van der Waals surface area (Å²) in [4.78, 5) is 35.3. The predicted molar refractivity (Wildman–Crippen MR) is 130 cm³/mol. The first-order chi connectivity index (χ1) is 15.6. The number of thiophene rings is 1. The molecule has 0 atom stereocenters. The van der Waals surface area contributed by atoms with E-state index in [0.29, 0.717) is 28.3 Å². The molecule has 6 nitrogen and oxygen atoms in total. The minimum Gasteiger partial charge on any atom is -0.368 e. The second-order valence-corrected chi connectivity index (χ2v) is 9.21. The molecular weight excluding hydrogens is 444 g/mol.